The Morgan fingerprint density at radius 1 is 0.971 bits per heavy atom. The highest BCUT2D eigenvalue weighted by atomic mass is 28.4. The van der Waals surface area contributed by atoms with Crippen molar-refractivity contribution in [3.63, 3.8) is 0 Å². The molecule has 194 valence electrons. The van der Waals surface area contributed by atoms with Gasteiger partial charge in [-0.2, -0.15) is 0 Å². The zero-order chi connectivity index (χ0) is 25.9. The summed E-state index contributed by atoms with van der Waals surface area (Å²) in [6.45, 7) is 24.8. The molecule has 0 aromatic carbocycles. The fourth-order valence-electron chi connectivity index (χ4n) is 4.18. The summed E-state index contributed by atoms with van der Waals surface area (Å²) in [5, 5.41) is 0.245. The van der Waals surface area contributed by atoms with Crippen LogP contribution in [0.4, 0.5) is 0 Å². The van der Waals surface area contributed by atoms with Gasteiger partial charge in [0, 0.05) is 30.4 Å². The van der Waals surface area contributed by atoms with Crippen LogP contribution in [0.2, 0.25) is 36.3 Å². The Labute approximate surface area is 211 Å². The van der Waals surface area contributed by atoms with Crippen LogP contribution in [0.1, 0.15) is 80.6 Å². The summed E-state index contributed by atoms with van der Waals surface area (Å²) in [5.74, 6) is 7.21. The largest absolute Gasteiger partial charge is 0.460 e. The SMILES string of the molecule is C[C@H]1CCCC#C[C@@H]2C[C@H](O[Si](C)(C)C(C)(C)C)C[C@H]2[C@H](O[Si](C)(C)C(C)(C)C)/C=C/C(=O)O1. The Kier molecular flexibility index (Phi) is 9.52. The summed E-state index contributed by atoms with van der Waals surface area (Å²) in [5.41, 5.74) is 0. The minimum absolute atomic E-state index is 0.0772. The monoisotopic (exact) mass is 506 g/mol. The van der Waals surface area contributed by atoms with Crippen LogP contribution in [0.25, 0.3) is 0 Å². The van der Waals surface area contributed by atoms with Crippen molar-refractivity contribution in [3.8, 4) is 11.8 Å². The number of hydrogen-bond acceptors (Lipinski definition) is 4. The fraction of sp³-hybridized carbons (Fsp3) is 0.821. The third-order valence-corrected chi connectivity index (χ3v) is 17.4. The van der Waals surface area contributed by atoms with Gasteiger partial charge in [-0.15, -0.1) is 5.92 Å². The summed E-state index contributed by atoms with van der Waals surface area (Å²) >= 11 is 0. The standard InChI is InChI=1S/C28H50O4Si2/c1-21-15-13-12-14-16-22-19-23(31-33(8,9)27(2,3)4)20-24(22)25(17-18-26(29)30-21)32-34(10,11)28(5,6)7/h17-18,21-25H,12-13,15,19-20H2,1-11H3/b18-17+/t21-,22+,23-,24+,25+/m0/s1. The molecule has 0 aromatic heterocycles. The molecule has 0 spiro atoms. The van der Waals surface area contributed by atoms with Gasteiger partial charge in [-0.1, -0.05) is 47.5 Å². The summed E-state index contributed by atoms with van der Waals surface area (Å²) in [4.78, 5) is 12.6. The maximum atomic E-state index is 12.6. The molecule has 0 radical (unpaired) electrons. The van der Waals surface area contributed by atoms with Crippen LogP contribution < -0.4 is 0 Å². The lowest BCUT2D eigenvalue weighted by Gasteiger charge is -2.41. The van der Waals surface area contributed by atoms with E-state index in [1.165, 1.54) is 0 Å². The number of carbonyl (C=O) groups excluding carboxylic acids is 1. The van der Waals surface area contributed by atoms with E-state index in [4.69, 9.17) is 13.6 Å². The predicted octanol–water partition coefficient (Wildman–Crippen LogP) is 7.47. The van der Waals surface area contributed by atoms with Crippen LogP contribution in [0.15, 0.2) is 12.2 Å². The highest BCUT2D eigenvalue weighted by Crippen LogP contribution is 2.45. The maximum Gasteiger partial charge on any atom is 0.330 e. The molecule has 1 saturated carbocycles. The van der Waals surface area contributed by atoms with Crippen molar-refractivity contribution < 1.29 is 18.4 Å². The minimum atomic E-state index is -2.07. The molecule has 0 aromatic rings. The summed E-state index contributed by atoms with van der Waals surface area (Å²) in [7, 11) is -3.96. The Morgan fingerprint density at radius 3 is 2.15 bits per heavy atom. The van der Waals surface area contributed by atoms with Gasteiger partial charge < -0.3 is 13.6 Å². The number of hydrogen-bond donors (Lipinski definition) is 0. The molecule has 0 unspecified atom stereocenters. The van der Waals surface area contributed by atoms with Crippen LogP contribution in [0.5, 0.6) is 0 Å². The molecule has 0 bridgehead atoms. The molecular weight excluding hydrogens is 456 g/mol. The van der Waals surface area contributed by atoms with E-state index in [1.807, 2.05) is 13.0 Å². The Hall–Kier alpha value is -0.876. The van der Waals surface area contributed by atoms with Crippen molar-refractivity contribution in [1.82, 2.24) is 0 Å². The van der Waals surface area contributed by atoms with Gasteiger partial charge in [-0.05, 0) is 74.9 Å². The Morgan fingerprint density at radius 2 is 1.56 bits per heavy atom. The zero-order valence-electron chi connectivity index (χ0n) is 23.7. The smallest absolute Gasteiger partial charge is 0.330 e. The summed E-state index contributed by atoms with van der Waals surface area (Å²) in [6.07, 6.45) is 7.94. The molecule has 1 fully saturated rings. The van der Waals surface area contributed by atoms with E-state index in [1.54, 1.807) is 6.08 Å². The van der Waals surface area contributed by atoms with Crippen molar-refractivity contribution in [1.29, 1.82) is 0 Å². The molecule has 1 aliphatic heterocycles. The Bertz CT molecular complexity index is 792. The number of rotatable bonds is 4. The van der Waals surface area contributed by atoms with Crippen molar-refractivity contribution in [2.75, 3.05) is 0 Å². The molecular formula is C28H50O4Si2. The first-order chi connectivity index (χ1) is 15.4. The van der Waals surface area contributed by atoms with Gasteiger partial charge in [0.05, 0.1) is 12.2 Å². The summed E-state index contributed by atoms with van der Waals surface area (Å²) < 4.78 is 19.4. The summed E-state index contributed by atoms with van der Waals surface area (Å²) in [6, 6.07) is 0. The quantitative estimate of drug-likeness (QED) is 0.225. The van der Waals surface area contributed by atoms with Gasteiger partial charge in [-0.3, -0.25) is 0 Å². The van der Waals surface area contributed by atoms with Gasteiger partial charge in [0.15, 0.2) is 16.6 Å². The second-order valence-electron chi connectivity index (χ2n) is 13.4. The minimum Gasteiger partial charge on any atom is -0.460 e. The number of fused-ring (bicyclic) bond motifs is 1. The topological polar surface area (TPSA) is 44.8 Å². The van der Waals surface area contributed by atoms with Crippen molar-refractivity contribution in [2.24, 2.45) is 11.8 Å². The van der Waals surface area contributed by atoms with Crippen LogP contribution >= 0.6 is 0 Å². The van der Waals surface area contributed by atoms with E-state index in [9.17, 15) is 4.79 Å². The van der Waals surface area contributed by atoms with Gasteiger partial charge in [0.1, 0.15) is 0 Å². The number of ether oxygens (including phenoxy) is 1. The van der Waals surface area contributed by atoms with Crippen molar-refractivity contribution in [2.45, 2.75) is 135 Å². The average Bonchev–Trinajstić information content (AvgIpc) is 3.04. The molecule has 0 N–H and O–H groups in total. The fourth-order valence-corrected chi connectivity index (χ4v) is 6.84. The first kappa shape index (κ1) is 29.4. The maximum absolute atomic E-state index is 12.6. The van der Waals surface area contributed by atoms with Crippen LogP contribution in [0.3, 0.4) is 0 Å². The van der Waals surface area contributed by atoms with Crippen molar-refractivity contribution >= 4 is 22.6 Å². The second-order valence-corrected chi connectivity index (χ2v) is 22.9. The molecule has 5 atom stereocenters. The van der Waals surface area contributed by atoms with Gasteiger partial charge in [-0.25, -0.2) is 4.79 Å². The highest BCUT2D eigenvalue weighted by molar-refractivity contribution is 6.74. The van der Waals surface area contributed by atoms with Crippen LogP contribution in [-0.2, 0) is 18.4 Å². The van der Waals surface area contributed by atoms with Crippen LogP contribution in [-0.4, -0.2) is 40.9 Å². The number of carbonyl (C=O) groups is 1. The van der Waals surface area contributed by atoms with E-state index in [0.717, 1.165) is 32.1 Å². The molecule has 1 aliphatic carbocycles. The lowest BCUT2D eigenvalue weighted by molar-refractivity contribution is -0.142. The lowest BCUT2D eigenvalue weighted by atomic mass is 9.90. The van der Waals surface area contributed by atoms with Gasteiger partial charge in [0.25, 0.3) is 0 Å². The number of cyclic esters (lactones) is 1. The van der Waals surface area contributed by atoms with E-state index in [-0.39, 0.29) is 46.2 Å². The van der Waals surface area contributed by atoms with Gasteiger partial charge in [0.2, 0.25) is 0 Å². The molecule has 4 nitrogen and oxygen atoms in total. The second kappa shape index (κ2) is 11.0. The number of esters is 1. The third kappa shape index (κ3) is 7.81. The highest BCUT2D eigenvalue weighted by Gasteiger charge is 2.47. The molecule has 0 saturated heterocycles. The normalized spacial score (nSPS) is 30.7. The van der Waals surface area contributed by atoms with E-state index < -0.39 is 16.6 Å². The zero-order valence-corrected chi connectivity index (χ0v) is 25.7. The van der Waals surface area contributed by atoms with E-state index in [0.29, 0.717) is 0 Å². The first-order valence-corrected chi connectivity index (χ1v) is 19.0. The molecule has 0 amide bonds. The molecule has 2 rings (SSSR count). The first-order valence-electron chi connectivity index (χ1n) is 13.2. The lowest BCUT2D eigenvalue weighted by Crippen LogP contribution is -2.46. The average molecular weight is 507 g/mol. The van der Waals surface area contributed by atoms with E-state index in [2.05, 4.69) is 79.6 Å². The van der Waals surface area contributed by atoms with E-state index >= 15 is 0 Å². The van der Waals surface area contributed by atoms with Gasteiger partial charge >= 0.3 is 5.97 Å². The predicted molar refractivity (Wildman–Crippen MR) is 147 cm³/mol. The molecule has 34 heavy (non-hydrogen) atoms. The molecule has 1 heterocycles. The van der Waals surface area contributed by atoms with Crippen LogP contribution in [0, 0.1) is 23.7 Å². The molecule has 2 aliphatic rings. The Balaban J connectivity index is 2.41. The van der Waals surface area contributed by atoms with Crippen molar-refractivity contribution in [3.05, 3.63) is 12.2 Å². The third-order valence-electron chi connectivity index (χ3n) is 8.43. The molecule has 6 heteroatoms.